The van der Waals surface area contributed by atoms with Gasteiger partial charge in [0, 0.05) is 36.4 Å². The first-order valence-corrected chi connectivity index (χ1v) is 7.29. The third-order valence-corrected chi connectivity index (χ3v) is 5.23. The molecule has 4 heterocycles. The lowest BCUT2D eigenvalue weighted by molar-refractivity contribution is 0.0702. The molecule has 18 heavy (non-hydrogen) atoms. The van der Waals surface area contributed by atoms with Crippen molar-refractivity contribution in [1.82, 2.24) is 15.2 Å². The molecule has 0 radical (unpaired) electrons. The number of rotatable bonds is 2. The van der Waals surface area contributed by atoms with E-state index in [9.17, 15) is 0 Å². The fourth-order valence-electron chi connectivity index (χ4n) is 4.46. The fraction of sp³-hybridized carbons (Fsp3) is 0.667. The summed E-state index contributed by atoms with van der Waals surface area (Å²) in [5.41, 5.74) is 1.23. The van der Waals surface area contributed by atoms with Gasteiger partial charge in [0.05, 0.1) is 5.69 Å². The van der Waals surface area contributed by atoms with Crippen molar-refractivity contribution < 1.29 is 0 Å². The van der Waals surface area contributed by atoms with Gasteiger partial charge in [0.2, 0.25) is 0 Å². The maximum atomic E-state index is 4.56. The van der Waals surface area contributed by atoms with Gasteiger partial charge in [0.25, 0.3) is 0 Å². The van der Waals surface area contributed by atoms with Crippen LogP contribution in [0.15, 0.2) is 24.4 Å². The molecule has 3 nitrogen and oxygen atoms in total. The number of hydrogen-bond acceptors (Lipinski definition) is 3. The van der Waals surface area contributed by atoms with E-state index >= 15 is 0 Å². The van der Waals surface area contributed by atoms with E-state index in [-0.39, 0.29) is 0 Å². The Hall–Kier alpha value is -0.930. The molecule has 1 aromatic rings. The van der Waals surface area contributed by atoms with Gasteiger partial charge in [-0.15, -0.1) is 0 Å². The van der Waals surface area contributed by atoms with Crippen LogP contribution >= 0.6 is 0 Å². The Labute approximate surface area is 109 Å². The summed E-state index contributed by atoms with van der Waals surface area (Å²) in [6, 6.07) is 9.71. The molecular weight excluding hydrogens is 222 g/mol. The molecule has 5 atom stereocenters. The number of piperazine rings is 1. The average Bonchev–Trinajstić information content (AvgIpc) is 2.96. The van der Waals surface area contributed by atoms with E-state index in [1.54, 1.807) is 0 Å². The third-order valence-electron chi connectivity index (χ3n) is 5.23. The van der Waals surface area contributed by atoms with Crippen LogP contribution in [0.5, 0.6) is 0 Å². The molecular formula is C15H21N3. The minimum absolute atomic E-state index is 0.467. The van der Waals surface area contributed by atoms with Crippen LogP contribution < -0.4 is 5.32 Å². The van der Waals surface area contributed by atoms with Crippen LogP contribution in [0.1, 0.15) is 44.3 Å². The molecule has 4 bridgehead atoms. The summed E-state index contributed by atoms with van der Waals surface area (Å²) < 4.78 is 0. The summed E-state index contributed by atoms with van der Waals surface area (Å²) in [4.78, 5) is 7.32. The van der Waals surface area contributed by atoms with E-state index in [1.807, 2.05) is 12.3 Å². The van der Waals surface area contributed by atoms with Gasteiger partial charge in [0.1, 0.15) is 0 Å². The zero-order valence-electron chi connectivity index (χ0n) is 10.9. The van der Waals surface area contributed by atoms with Gasteiger partial charge in [0.15, 0.2) is 0 Å². The van der Waals surface area contributed by atoms with Crippen molar-refractivity contribution in [3.8, 4) is 0 Å². The van der Waals surface area contributed by atoms with E-state index in [0.29, 0.717) is 6.04 Å². The minimum atomic E-state index is 0.467. The summed E-state index contributed by atoms with van der Waals surface area (Å²) in [6.07, 6.45) is 7.41. The van der Waals surface area contributed by atoms with Gasteiger partial charge in [-0.25, -0.2) is 0 Å². The Morgan fingerprint density at radius 3 is 2.50 bits per heavy atom. The van der Waals surface area contributed by atoms with Crippen LogP contribution in [0, 0.1) is 0 Å². The largest absolute Gasteiger partial charge is 0.308 e. The van der Waals surface area contributed by atoms with Crippen LogP contribution in [0.4, 0.5) is 0 Å². The fourth-order valence-corrected chi connectivity index (χ4v) is 4.46. The van der Waals surface area contributed by atoms with Crippen LogP contribution in [0.3, 0.4) is 0 Å². The van der Waals surface area contributed by atoms with Crippen molar-refractivity contribution in [3.63, 3.8) is 0 Å². The van der Waals surface area contributed by atoms with Crippen LogP contribution in [0.25, 0.3) is 0 Å². The first-order valence-electron chi connectivity index (χ1n) is 7.29. The minimum Gasteiger partial charge on any atom is -0.308 e. The standard InChI is InChI=1S/C15H21N3/c1-10(11-4-2-3-9-16-11)18-14-7-8-15(18)13-6-5-12(14)17-13/h2-4,9-10,12-15,17H,5-8H2,1H3/t10-,12-,13+,14-,15+/m1/s1. The van der Waals surface area contributed by atoms with Crippen LogP contribution in [-0.2, 0) is 0 Å². The summed E-state index contributed by atoms with van der Waals surface area (Å²) in [5.74, 6) is 0. The van der Waals surface area contributed by atoms with Gasteiger partial charge in [-0.1, -0.05) is 6.07 Å². The molecule has 3 fully saturated rings. The van der Waals surface area contributed by atoms with Crippen molar-refractivity contribution in [2.45, 2.75) is 62.8 Å². The maximum absolute atomic E-state index is 4.56. The first-order chi connectivity index (χ1) is 8.84. The third kappa shape index (κ3) is 1.47. The molecule has 3 heteroatoms. The van der Waals surface area contributed by atoms with Crippen molar-refractivity contribution in [2.75, 3.05) is 0 Å². The van der Waals surface area contributed by atoms with E-state index in [0.717, 1.165) is 24.2 Å². The van der Waals surface area contributed by atoms with E-state index in [1.165, 1.54) is 31.4 Å². The van der Waals surface area contributed by atoms with E-state index in [4.69, 9.17) is 0 Å². The van der Waals surface area contributed by atoms with Crippen LogP contribution in [0.2, 0.25) is 0 Å². The molecule has 0 spiro atoms. The Morgan fingerprint density at radius 2 is 1.89 bits per heavy atom. The molecule has 1 N–H and O–H groups in total. The molecule has 0 unspecified atom stereocenters. The summed E-state index contributed by atoms with van der Waals surface area (Å²) in [7, 11) is 0. The molecule has 3 aliphatic rings. The normalized spacial score (nSPS) is 40.1. The lowest BCUT2D eigenvalue weighted by atomic mass is 10.0. The second-order valence-electron chi connectivity index (χ2n) is 6.05. The Bertz CT molecular complexity index is 415. The smallest absolute Gasteiger partial charge is 0.0572 e. The van der Waals surface area contributed by atoms with Gasteiger partial charge >= 0.3 is 0 Å². The van der Waals surface area contributed by atoms with Gasteiger partial charge in [-0.2, -0.15) is 0 Å². The predicted molar refractivity (Wildman–Crippen MR) is 71.2 cm³/mol. The number of fused-ring (bicyclic) bond motifs is 6. The second-order valence-corrected chi connectivity index (χ2v) is 6.05. The van der Waals surface area contributed by atoms with Gasteiger partial charge in [-0.3, -0.25) is 9.88 Å². The zero-order valence-corrected chi connectivity index (χ0v) is 10.9. The second kappa shape index (κ2) is 4.04. The lowest BCUT2D eigenvalue weighted by Crippen LogP contribution is -2.58. The molecule has 0 saturated carbocycles. The monoisotopic (exact) mass is 243 g/mol. The van der Waals surface area contributed by atoms with Crippen LogP contribution in [-0.4, -0.2) is 34.1 Å². The average molecular weight is 243 g/mol. The topological polar surface area (TPSA) is 28.2 Å². The highest BCUT2D eigenvalue weighted by atomic mass is 15.3. The summed E-state index contributed by atoms with van der Waals surface area (Å²) in [6.45, 7) is 2.33. The van der Waals surface area contributed by atoms with Crippen molar-refractivity contribution in [1.29, 1.82) is 0 Å². The molecule has 96 valence electrons. The highest BCUT2D eigenvalue weighted by Crippen LogP contribution is 2.44. The number of hydrogen-bond donors (Lipinski definition) is 1. The molecule has 1 aromatic heterocycles. The Morgan fingerprint density at radius 1 is 1.17 bits per heavy atom. The van der Waals surface area contributed by atoms with Gasteiger partial charge < -0.3 is 5.32 Å². The zero-order chi connectivity index (χ0) is 12.1. The molecule has 0 aliphatic carbocycles. The molecule has 4 rings (SSSR count). The highest BCUT2D eigenvalue weighted by Gasteiger charge is 2.51. The Kier molecular flexibility index (Phi) is 2.45. The molecule has 0 amide bonds. The lowest BCUT2D eigenvalue weighted by Gasteiger charge is -2.43. The number of nitrogens with zero attached hydrogens (tertiary/aromatic N) is 2. The van der Waals surface area contributed by atoms with Crippen molar-refractivity contribution in [3.05, 3.63) is 30.1 Å². The summed E-state index contributed by atoms with van der Waals surface area (Å²) >= 11 is 0. The quantitative estimate of drug-likeness (QED) is 0.862. The molecule has 0 aromatic carbocycles. The highest BCUT2D eigenvalue weighted by molar-refractivity contribution is 5.15. The predicted octanol–water partition coefficient (Wildman–Crippen LogP) is 2.11. The Balaban J connectivity index is 1.65. The number of nitrogens with one attached hydrogen (secondary N) is 1. The van der Waals surface area contributed by atoms with E-state index in [2.05, 4.69) is 34.3 Å². The molecule has 3 aliphatic heterocycles. The van der Waals surface area contributed by atoms with Gasteiger partial charge in [-0.05, 0) is 44.7 Å². The van der Waals surface area contributed by atoms with E-state index < -0.39 is 0 Å². The van der Waals surface area contributed by atoms with Crippen molar-refractivity contribution in [2.24, 2.45) is 0 Å². The SMILES string of the molecule is C[C@H](c1ccccn1)N1[C@@H]2CC[C@H]1[C@@H]1CC[C@H]2N1. The van der Waals surface area contributed by atoms with Crippen molar-refractivity contribution >= 4 is 0 Å². The summed E-state index contributed by atoms with van der Waals surface area (Å²) in [5, 5.41) is 3.83. The molecule has 3 saturated heterocycles. The first kappa shape index (κ1) is 10.9. The maximum Gasteiger partial charge on any atom is 0.0572 e. The number of aromatic nitrogens is 1. The number of pyridine rings is 1.